The Hall–Kier alpha value is -1.30. The lowest BCUT2D eigenvalue weighted by molar-refractivity contribution is -0.281. The maximum atomic E-state index is 11.2. The number of hydrogen-bond acceptors (Lipinski definition) is 8. The van der Waals surface area contributed by atoms with Crippen LogP contribution in [0.15, 0.2) is 0 Å². The van der Waals surface area contributed by atoms with Crippen LogP contribution in [0, 0.1) is 0 Å². The Kier molecular flexibility index (Phi) is 6.66. The summed E-state index contributed by atoms with van der Waals surface area (Å²) in [5, 5.41) is 31.4. The number of amides is 2. The zero-order chi connectivity index (χ0) is 17.0. The van der Waals surface area contributed by atoms with Gasteiger partial charge in [0.15, 0.2) is 6.29 Å². The molecule has 0 aromatic carbocycles. The Labute approximate surface area is 127 Å². The molecule has 0 aromatic rings. The normalized spacial score (nSPS) is 34.7. The number of hydrogen-bond donors (Lipinski definition) is 6. The van der Waals surface area contributed by atoms with Crippen molar-refractivity contribution in [2.45, 2.75) is 56.6 Å². The Balaban J connectivity index is 2.89. The van der Waals surface area contributed by atoms with E-state index in [0.717, 1.165) is 0 Å². The average molecular weight is 321 g/mol. The van der Waals surface area contributed by atoms with Crippen LogP contribution in [0.2, 0.25) is 0 Å². The van der Waals surface area contributed by atoms with Gasteiger partial charge >= 0.3 is 0 Å². The molecule has 1 heterocycles. The lowest BCUT2D eigenvalue weighted by Gasteiger charge is -2.43. The second-order valence-electron chi connectivity index (χ2n) is 5.20. The Morgan fingerprint density at radius 1 is 1.36 bits per heavy atom. The van der Waals surface area contributed by atoms with Gasteiger partial charge in [-0.1, -0.05) is 0 Å². The zero-order valence-electron chi connectivity index (χ0n) is 12.4. The summed E-state index contributed by atoms with van der Waals surface area (Å²) in [5.74, 6) is -1.28. The highest BCUT2D eigenvalue weighted by Crippen LogP contribution is 2.23. The first-order valence-corrected chi connectivity index (χ1v) is 6.79. The van der Waals surface area contributed by atoms with Crippen LogP contribution in [0.4, 0.5) is 0 Å². The van der Waals surface area contributed by atoms with Crippen LogP contribution in [0.1, 0.15) is 13.8 Å². The molecule has 10 heteroatoms. The smallest absolute Gasteiger partial charge is 0.237 e. The third kappa shape index (κ3) is 4.35. The largest absolute Gasteiger partial charge is 0.394 e. The predicted octanol–water partition coefficient (Wildman–Crippen LogP) is -3.85. The van der Waals surface area contributed by atoms with Gasteiger partial charge in [0.05, 0.1) is 12.7 Å². The molecule has 1 rings (SSSR count). The lowest BCUT2D eigenvalue weighted by atomic mass is 9.96. The van der Waals surface area contributed by atoms with Gasteiger partial charge < -0.3 is 41.6 Å². The summed E-state index contributed by atoms with van der Waals surface area (Å²) in [5.41, 5.74) is 10.6. The molecule has 0 radical (unpaired) electrons. The van der Waals surface area contributed by atoms with Crippen LogP contribution >= 0.6 is 0 Å². The molecule has 1 aliphatic rings. The summed E-state index contributed by atoms with van der Waals surface area (Å²) in [6.45, 7) is 2.11. The fourth-order valence-electron chi connectivity index (χ4n) is 2.11. The van der Waals surface area contributed by atoms with E-state index in [0.29, 0.717) is 0 Å². The molecule has 0 spiro atoms. The van der Waals surface area contributed by atoms with E-state index in [2.05, 4.69) is 5.32 Å². The average Bonchev–Trinajstić information content (AvgIpc) is 2.45. The summed E-state index contributed by atoms with van der Waals surface area (Å²) in [4.78, 5) is 22.3. The van der Waals surface area contributed by atoms with Crippen LogP contribution in [-0.4, -0.2) is 76.5 Å². The van der Waals surface area contributed by atoms with Crippen molar-refractivity contribution in [2.24, 2.45) is 11.5 Å². The van der Waals surface area contributed by atoms with Gasteiger partial charge in [-0.15, -0.1) is 0 Å². The van der Waals surface area contributed by atoms with Crippen molar-refractivity contribution in [3.05, 3.63) is 0 Å². The van der Waals surface area contributed by atoms with Crippen molar-refractivity contribution < 1.29 is 34.4 Å². The maximum Gasteiger partial charge on any atom is 0.237 e. The number of primary amides is 1. The molecule has 1 fully saturated rings. The first kappa shape index (κ1) is 18.7. The van der Waals surface area contributed by atoms with E-state index in [4.69, 9.17) is 26.0 Å². The summed E-state index contributed by atoms with van der Waals surface area (Å²) < 4.78 is 10.8. The van der Waals surface area contributed by atoms with Gasteiger partial charge in [0.2, 0.25) is 11.8 Å². The summed E-state index contributed by atoms with van der Waals surface area (Å²) in [6, 6.07) is -2.23. The molecule has 2 amide bonds. The van der Waals surface area contributed by atoms with E-state index in [1.54, 1.807) is 0 Å². The second kappa shape index (κ2) is 7.81. The minimum atomic E-state index is -1.43. The molecule has 0 bridgehead atoms. The van der Waals surface area contributed by atoms with Gasteiger partial charge in [0, 0.05) is 6.92 Å². The minimum absolute atomic E-state index is 0.484. The van der Waals surface area contributed by atoms with Crippen LogP contribution in [0.3, 0.4) is 0 Å². The van der Waals surface area contributed by atoms with Crippen molar-refractivity contribution in [1.29, 1.82) is 0 Å². The molecule has 0 saturated carbocycles. The van der Waals surface area contributed by atoms with Gasteiger partial charge in [-0.3, -0.25) is 9.59 Å². The summed E-state index contributed by atoms with van der Waals surface area (Å²) >= 11 is 0. The van der Waals surface area contributed by atoms with E-state index in [1.807, 2.05) is 0 Å². The lowest BCUT2D eigenvalue weighted by Crippen LogP contribution is -2.65. The van der Waals surface area contributed by atoms with Crippen LogP contribution in [0.25, 0.3) is 0 Å². The molecule has 0 aromatic heterocycles. The van der Waals surface area contributed by atoms with E-state index in [9.17, 15) is 19.8 Å². The van der Waals surface area contributed by atoms with E-state index in [-0.39, 0.29) is 0 Å². The number of rotatable bonds is 6. The van der Waals surface area contributed by atoms with E-state index in [1.165, 1.54) is 13.8 Å². The standard InChI is InChI=1S/C12H23N3O7/c1-4(7(13)11(14)20)21-12-8(15-5(2)17)10(19)9(18)6(3-16)22-12/h4,6-10,12,16,18-19H,3,13H2,1-2H3,(H2,14,20)(H,15,17)/t4-,6?,7?,8?,9-,10?,12-/m1/s1. The third-order valence-electron chi connectivity index (χ3n) is 3.43. The molecule has 0 aliphatic carbocycles. The van der Waals surface area contributed by atoms with E-state index >= 15 is 0 Å². The number of ether oxygens (including phenoxy) is 2. The fraction of sp³-hybridized carbons (Fsp3) is 0.833. The predicted molar refractivity (Wildman–Crippen MR) is 73.1 cm³/mol. The summed E-state index contributed by atoms with van der Waals surface area (Å²) in [6.07, 6.45) is -6.05. The van der Waals surface area contributed by atoms with Gasteiger partial charge in [-0.25, -0.2) is 0 Å². The molecule has 8 N–H and O–H groups in total. The SMILES string of the molecule is CC(=O)NC1C(O)[C@H](O)C(CO)O[C@H]1O[C@H](C)C(N)C(N)=O. The number of nitrogens with one attached hydrogen (secondary N) is 1. The molecule has 7 atom stereocenters. The van der Waals surface area contributed by atoms with Crippen molar-refractivity contribution in [2.75, 3.05) is 6.61 Å². The highest BCUT2D eigenvalue weighted by Gasteiger charge is 2.46. The Morgan fingerprint density at radius 2 is 1.95 bits per heavy atom. The summed E-state index contributed by atoms with van der Waals surface area (Å²) in [7, 11) is 0. The highest BCUT2D eigenvalue weighted by atomic mass is 16.7. The Morgan fingerprint density at radius 3 is 2.41 bits per heavy atom. The third-order valence-corrected chi connectivity index (χ3v) is 3.43. The fourth-order valence-corrected chi connectivity index (χ4v) is 2.11. The number of aliphatic hydroxyl groups excluding tert-OH is 3. The number of aliphatic hydroxyl groups is 3. The number of nitrogens with two attached hydrogens (primary N) is 2. The van der Waals surface area contributed by atoms with Crippen LogP contribution in [0.5, 0.6) is 0 Å². The molecule has 1 saturated heterocycles. The molecular weight excluding hydrogens is 298 g/mol. The van der Waals surface area contributed by atoms with Crippen LogP contribution in [-0.2, 0) is 19.1 Å². The maximum absolute atomic E-state index is 11.2. The van der Waals surface area contributed by atoms with Crippen molar-refractivity contribution >= 4 is 11.8 Å². The zero-order valence-corrected chi connectivity index (χ0v) is 12.4. The molecule has 22 heavy (non-hydrogen) atoms. The number of carbonyl (C=O) groups is 2. The van der Waals surface area contributed by atoms with Gasteiger partial charge in [-0.2, -0.15) is 0 Å². The molecule has 4 unspecified atom stereocenters. The first-order chi connectivity index (χ1) is 10.2. The van der Waals surface area contributed by atoms with Gasteiger partial charge in [0.1, 0.15) is 30.4 Å². The molecule has 10 nitrogen and oxygen atoms in total. The second-order valence-corrected chi connectivity index (χ2v) is 5.20. The monoisotopic (exact) mass is 321 g/mol. The molecular formula is C12H23N3O7. The van der Waals surface area contributed by atoms with Crippen molar-refractivity contribution in [1.82, 2.24) is 5.32 Å². The number of carbonyl (C=O) groups excluding carboxylic acids is 2. The molecule has 128 valence electrons. The van der Waals surface area contributed by atoms with Crippen molar-refractivity contribution in [3.8, 4) is 0 Å². The van der Waals surface area contributed by atoms with Crippen molar-refractivity contribution in [3.63, 3.8) is 0 Å². The van der Waals surface area contributed by atoms with Gasteiger partial charge in [0.25, 0.3) is 0 Å². The quantitative estimate of drug-likeness (QED) is 0.288. The Bertz CT molecular complexity index is 408. The minimum Gasteiger partial charge on any atom is -0.394 e. The topological polar surface area (TPSA) is 177 Å². The van der Waals surface area contributed by atoms with Gasteiger partial charge in [-0.05, 0) is 6.92 Å². The highest BCUT2D eigenvalue weighted by molar-refractivity contribution is 5.80. The van der Waals surface area contributed by atoms with E-state index < -0.39 is 61.2 Å². The molecule has 1 aliphatic heterocycles. The van der Waals surface area contributed by atoms with Crippen LogP contribution < -0.4 is 16.8 Å². The first-order valence-electron chi connectivity index (χ1n) is 6.79.